The number of ether oxygens (including phenoxy) is 1. The van der Waals surface area contributed by atoms with Gasteiger partial charge in [-0.2, -0.15) is 0 Å². The first kappa shape index (κ1) is 51.8. The maximum Gasteiger partial charge on any atom is 0.0654 e. The van der Waals surface area contributed by atoms with Crippen molar-refractivity contribution in [1.82, 2.24) is 0 Å². The summed E-state index contributed by atoms with van der Waals surface area (Å²) in [7, 11) is 0. The highest BCUT2D eigenvalue weighted by Gasteiger charge is 2.33. The predicted molar refractivity (Wildman–Crippen MR) is 276 cm³/mol. The molecule has 0 N–H and O–H groups in total. The van der Waals surface area contributed by atoms with Crippen LogP contribution in [-0.2, 0) is 4.74 Å². The Balaban J connectivity index is 1.01. The Hall–Kier alpha value is -0.560. The van der Waals surface area contributed by atoms with Crippen LogP contribution in [0, 0.1) is 71.0 Å². The minimum atomic E-state index is 0.834. The molecular weight excluding hydrogens is 761 g/mol. The first-order valence-electron chi connectivity index (χ1n) is 30.0. The van der Waals surface area contributed by atoms with E-state index in [9.17, 15) is 0 Å². The normalized spacial score (nSPS) is 35.2. The maximum absolute atomic E-state index is 6.78. The summed E-state index contributed by atoms with van der Waals surface area (Å²) in [5.74, 6) is 11.5. The molecule has 0 unspecified atom stereocenters. The molecule has 0 bridgehead atoms. The van der Waals surface area contributed by atoms with Crippen molar-refractivity contribution in [2.45, 2.75) is 285 Å². The van der Waals surface area contributed by atoms with Crippen LogP contribution >= 0.6 is 0 Å². The van der Waals surface area contributed by atoms with Crippen LogP contribution in [0.15, 0.2) is 23.3 Å². The van der Waals surface area contributed by atoms with Gasteiger partial charge in [0.2, 0.25) is 0 Å². The Kier molecular flexibility index (Phi) is 24.7. The van der Waals surface area contributed by atoms with E-state index in [1.54, 1.807) is 0 Å². The van der Waals surface area contributed by atoms with Gasteiger partial charge < -0.3 is 4.74 Å². The molecule has 0 aliphatic heterocycles. The molecule has 0 amide bonds. The van der Waals surface area contributed by atoms with E-state index in [0.29, 0.717) is 0 Å². The van der Waals surface area contributed by atoms with E-state index in [1.807, 2.05) is 11.1 Å². The van der Waals surface area contributed by atoms with Gasteiger partial charge in [0.25, 0.3) is 0 Å². The van der Waals surface area contributed by atoms with Crippen molar-refractivity contribution in [2.24, 2.45) is 71.0 Å². The van der Waals surface area contributed by atoms with E-state index in [1.165, 1.54) is 257 Å². The molecule has 6 aliphatic carbocycles. The predicted octanol–water partition coefficient (Wildman–Crippen LogP) is 20.0. The van der Waals surface area contributed by atoms with Crippen LogP contribution in [0.3, 0.4) is 0 Å². The molecule has 6 aliphatic rings. The van der Waals surface area contributed by atoms with Crippen LogP contribution in [0.4, 0.5) is 0 Å². The second-order valence-corrected chi connectivity index (χ2v) is 24.3. The maximum atomic E-state index is 6.78. The molecule has 6 saturated carbocycles. The van der Waals surface area contributed by atoms with Crippen LogP contribution in [0.25, 0.3) is 0 Å². The Morgan fingerprint density at radius 3 is 0.778 bits per heavy atom. The summed E-state index contributed by atoms with van der Waals surface area (Å²) in [6, 6.07) is 0. The van der Waals surface area contributed by atoms with Gasteiger partial charge in [0.15, 0.2) is 0 Å². The Bertz CT molecular complexity index is 1100. The first-order valence-corrected chi connectivity index (χ1v) is 30.0. The SMILES string of the molecule is CCCCCC1CCC(C(=CCOCC=C(C2CCC(CCCCC)CC2)C2CCC(CCC3CCC(CCC)CC3)CC2)C2CCC(CCC3CCC(CCC)CC3)CC2)CC1. The molecule has 0 saturated heterocycles. The lowest BCUT2D eigenvalue weighted by molar-refractivity contribution is 0.182. The summed E-state index contributed by atoms with van der Waals surface area (Å²) in [5.41, 5.74) is 3.74. The standard InChI is InChI=1S/C62H110O/c1-5-9-11-15-51-29-37-57(38-30-51)61(59-41-33-55(34-42-59)27-25-53-21-17-49(13-7-3)18-22-53)45-47-63-48-46-62(58-39-31-52(32-40-58)16-12-10-6-2)60-43-35-56(36-44-60)28-26-54-23-19-50(14-8-4)20-24-54/h45-46,49-60H,5-44,47-48H2,1-4H3. The first-order chi connectivity index (χ1) is 31.0. The third kappa shape index (κ3) is 18.1. The molecule has 63 heavy (non-hydrogen) atoms. The molecule has 0 spiro atoms. The molecular formula is C62H110O. The second-order valence-electron chi connectivity index (χ2n) is 24.3. The number of rotatable bonds is 26. The van der Waals surface area contributed by atoms with E-state index in [-0.39, 0.29) is 0 Å². The molecule has 0 heterocycles. The highest BCUT2D eigenvalue weighted by atomic mass is 16.5. The fraction of sp³-hybridized carbons (Fsp3) is 0.935. The molecule has 1 nitrogen and oxygen atoms in total. The van der Waals surface area contributed by atoms with Crippen molar-refractivity contribution >= 4 is 0 Å². The highest BCUT2D eigenvalue weighted by molar-refractivity contribution is 5.15. The van der Waals surface area contributed by atoms with Gasteiger partial charge in [0.05, 0.1) is 13.2 Å². The fourth-order valence-electron chi connectivity index (χ4n) is 15.6. The zero-order chi connectivity index (χ0) is 43.9. The summed E-state index contributed by atoms with van der Waals surface area (Å²) in [4.78, 5) is 0. The number of unbranched alkanes of at least 4 members (excludes halogenated alkanes) is 4. The number of hydrogen-bond donors (Lipinski definition) is 0. The van der Waals surface area contributed by atoms with Crippen LogP contribution in [0.1, 0.15) is 285 Å². The summed E-state index contributed by atoms with van der Waals surface area (Å²) in [6.45, 7) is 11.2. The monoisotopic (exact) mass is 871 g/mol. The Morgan fingerprint density at radius 1 is 0.286 bits per heavy atom. The third-order valence-corrected chi connectivity index (χ3v) is 19.9. The van der Waals surface area contributed by atoms with E-state index < -0.39 is 0 Å². The van der Waals surface area contributed by atoms with Gasteiger partial charge >= 0.3 is 0 Å². The molecule has 0 aromatic heterocycles. The van der Waals surface area contributed by atoms with Crippen molar-refractivity contribution in [3.8, 4) is 0 Å². The van der Waals surface area contributed by atoms with Gasteiger partial charge in [-0.05, 0) is 174 Å². The van der Waals surface area contributed by atoms with Gasteiger partial charge in [-0.3, -0.25) is 0 Å². The molecule has 0 radical (unpaired) electrons. The van der Waals surface area contributed by atoms with Crippen molar-refractivity contribution in [3.63, 3.8) is 0 Å². The van der Waals surface area contributed by atoms with E-state index >= 15 is 0 Å². The van der Waals surface area contributed by atoms with Gasteiger partial charge in [0.1, 0.15) is 0 Å². The average Bonchev–Trinajstić information content (AvgIpc) is 3.32. The highest BCUT2D eigenvalue weighted by Crippen LogP contribution is 2.47. The lowest BCUT2D eigenvalue weighted by Crippen LogP contribution is -2.25. The molecule has 0 aromatic carbocycles. The average molecular weight is 872 g/mol. The molecule has 1 heteroatoms. The smallest absolute Gasteiger partial charge is 0.0654 e. The minimum absolute atomic E-state index is 0.834. The van der Waals surface area contributed by atoms with Crippen LogP contribution in [0.5, 0.6) is 0 Å². The van der Waals surface area contributed by atoms with Crippen molar-refractivity contribution in [1.29, 1.82) is 0 Å². The zero-order valence-electron chi connectivity index (χ0n) is 43.2. The third-order valence-electron chi connectivity index (χ3n) is 19.9. The lowest BCUT2D eigenvalue weighted by atomic mass is 9.68. The molecule has 6 rings (SSSR count). The van der Waals surface area contributed by atoms with Gasteiger partial charge in [-0.1, -0.05) is 205 Å². The molecule has 364 valence electrons. The molecule has 0 aromatic rings. The van der Waals surface area contributed by atoms with Crippen LogP contribution in [-0.4, -0.2) is 13.2 Å². The molecule has 0 atom stereocenters. The molecule has 6 fully saturated rings. The topological polar surface area (TPSA) is 9.23 Å². The van der Waals surface area contributed by atoms with Crippen LogP contribution in [0.2, 0.25) is 0 Å². The van der Waals surface area contributed by atoms with Gasteiger partial charge in [-0.15, -0.1) is 0 Å². The number of allylic oxidation sites excluding steroid dienone is 2. The van der Waals surface area contributed by atoms with Gasteiger partial charge in [0, 0.05) is 0 Å². The second kappa shape index (κ2) is 30.0. The van der Waals surface area contributed by atoms with Gasteiger partial charge in [-0.25, -0.2) is 0 Å². The Labute approximate surface area is 395 Å². The quantitative estimate of drug-likeness (QED) is 0.0622. The summed E-state index contributed by atoms with van der Waals surface area (Å²) in [6.07, 6.45) is 64.6. The fourth-order valence-corrected chi connectivity index (χ4v) is 15.6. The van der Waals surface area contributed by atoms with Crippen molar-refractivity contribution in [2.75, 3.05) is 13.2 Å². The number of hydrogen-bond acceptors (Lipinski definition) is 1. The Morgan fingerprint density at radius 2 is 0.524 bits per heavy atom. The summed E-state index contributed by atoms with van der Waals surface area (Å²) in [5, 5.41) is 0. The lowest BCUT2D eigenvalue weighted by Gasteiger charge is -2.37. The van der Waals surface area contributed by atoms with Crippen molar-refractivity contribution < 1.29 is 4.74 Å². The van der Waals surface area contributed by atoms with Crippen molar-refractivity contribution in [3.05, 3.63) is 23.3 Å². The van der Waals surface area contributed by atoms with Crippen LogP contribution < -0.4 is 0 Å². The van der Waals surface area contributed by atoms with E-state index in [4.69, 9.17) is 4.74 Å². The summed E-state index contributed by atoms with van der Waals surface area (Å²) < 4.78 is 6.78. The minimum Gasteiger partial charge on any atom is -0.373 e. The largest absolute Gasteiger partial charge is 0.373 e. The van der Waals surface area contributed by atoms with E-state index in [0.717, 1.165) is 84.2 Å². The van der Waals surface area contributed by atoms with E-state index in [2.05, 4.69) is 39.8 Å². The summed E-state index contributed by atoms with van der Waals surface area (Å²) >= 11 is 0. The zero-order valence-corrected chi connectivity index (χ0v) is 43.2.